The van der Waals surface area contributed by atoms with E-state index in [0.717, 1.165) is 19.1 Å². The van der Waals surface area contributed by atoms with Crippen LogP contribution in [0, 0.1) is 0 Å². The molecule has 0 radical (unpaired) electrons. The van der Waals surface area contributed by atoms with Gasteiger partial charge >= 0.3 is 0 Å². The number of sulfonamides is 1. The van der Waals surface area contributed by atoms with Crippen molar-refractivity contribution in [3.63, 3.8) is 0 Å². The zero-order valence-electron chi connectivity index (χ0n) is 15.4. The van der Waals surface area contributed by atoms with E-state index in [-0.39, 0.29) is 18.2 Å². The van der Waals surface area contributed by atoms with E-state index in [1.807, 2.05) is 0 Å². The molecular weight excluding hydrogens is 360 g/mol. The predicted octanol–water partition coefficient (Wildman–Crippen LogP) is 4.00. The molecule has 1 atom stereocenters. The maximum absolute atomic E-state index is 12.2. The Labute approximate surface area is 158 Å². The molecule has 0 aliphatic rings. The largest absolute Gasteiger partial charge is 0.307 e. The summed E-state index contributed by atoms with van der Waals surface area (Å²) in [5.41, 5.74) is 1.05. The van der Waals surface area contributed by atoms with Gasteiger partial charge in [-0.2, -0.15) is 0 Å². The van der Waals surface area contributed by atoms with Crippen molar-refractivity contribution in [2.75, 3.05) is 17.5 Å². The molecule has 1 rings (SSSR count). The fraction of sp³-hybridized carbons (Fsp3) is 0.611. The van der Waals surface area contributed by atoms with Crippen molar-refractivity contribution < 1.29 is 13.2 Å². The minimum atomic E-state index is -3.30. The molecule has 0 bridgehead atoms. The number of hydrogen-bond acceptors (Lipinski definition) is 4. The summed E-state index contributed by atoms with van der Waals surface area (Å²) >= 11 is 0. The van der Waals surface area contributed by atoms with Gasteiger partial charge in [0.1, 0.15) is 0 Å². The van der Waals surface area contributed by atoms with Crippen LogP contribution in [-0.4, -0.2) is 33.0 Å². The number of rotatable bonds is 12. The summed E-state index contributed by atoms with van der Waals surface area (Å²) in [5.74, 6) is 0.0212. The lowest BCUT2D eigenvalue weighted by Gasteiger charge is -2.16. The Hall–Kier alpha value is -1.11. The van der Waals surface area contributed by atoms with Gasteiger partial charge in [-0.05, 0) is 37.1 Å². The van der Waals surface area contributed by atoms with Crippen LogP contribution in [0.2, 0.25) is 0 Å². The number of anilines is 1. The van der Waals surface area contributed by atoms with Crippen molar-refractivity contribution in [2.45, 2.75) is 58.4 Å². The van der Waals surface area contributed by atoms with Gasteiger partial charge in [-0.3, -0.25) is 9.52 Å². The average Bonchev–Trinajstić information content (AvgIpc) is 2.53. The number of carbonyl (C=O) groups is 1. The Morgan fingerprint density at radius 1 is 1.08 bits per heavy atom. The molecule has 1 unspecified atom stereocenters. The lowest BCUT2D eigenvalue weighted by molar-refractivity contribution is 0.0986. The fourth-order valence-electron chi connectivity index (χ4n) is 2.55. The third-order valence-electron chi connectivity index (χ3n) is 3.96. The number of hydrogen-bond donors (Lipinski definition) is 2. The van der Waals surface area contributed by atoms with Gasteiger partial charge in [-0.15, -0.1) is 12.4 Å². The smallest absolute Gasteiger partial charge is 0.229 e. The van der Waals surface area contributed by atoms with E-state index in [1.54, 1.807) is 24.3 Å². The fourth-order valence-corrected chi connectivity index (χ4v) is 3.11. The number of carbonyl (C=O) groups excluding carboxylic acids is 1. The number of Topliss-reactive ketones (excluding diaryl/α,β-unsaturated/α-hetero) is 1. The van der Waals surface area contributed by atoms with E-state index in [1.165, 1.54) is 25.7 Å². The molecule has 0 amide bonds. The minimum Gasteiger partial charge on any atom is -0.307 e. The third-order valence-corrected chi connectivity index (χ3v) is 4.57. The first-order chi connectivity index (χ1) is 11.4. The van der Waals surface area contributed by atoms with E-state index in [4.69, 9.17) is 0 Å². The summed E-state index contributed by atoms with van der Waals surface area (Å²) in [6.07, 6.45) is 8.14. The maximum atomic E-state index is 12.2. The quantitative estimate of drug-likeness (QED) is 0.417. The van der Waals surface area contributed by atoms with Gasteiger partial charge < -0.3 is 5.32 Å². The first-order valence-corrected chi connectivity index (χ1v) is 10.6. The molecule has 5 nitrogen and oxygen atoms in total. The third kappa shape index (κ3) is 10.5. The van der Waals surface area contributed by atoms with Gasteiger partial charge in [0.05, 0.1) is 12.8 Å². The van der Waals surface area contributed by atoms with Crippen LogP contribution >= 0.6 is 12.4 Å². The highest BCUT2D eigenvalue weighted by Crippen LogP contribution is 2.12. The highest BCUT2D eigenvalue weighted by Gasteiger charge is 2.10. The molecular formula is C18H31ClN2O3S. The van der Waals surface area contributed by atoms with Crippen molar-refractivity contribution in [3.05, 3.63) is 29.8 Å². The van der Waals surface area contributed by atoms with E-state index < -0.39 is 10.0 Å². The molecule has 1 aromatic rings. The first kappa shape index (κ1) is 23.9. The lowest BCUT2D eigenvalue weighted by Crippen LogP contribution is -2.33. The van der Waals surface area contributed by atoms with E-state index in [2.05, 4.69) is 23.9 Å². The number of halogens is 1. The van der Waals surface area contributed by atoms with Crippen LogP contribution in [-0.2, 0) is 10.0 Å². The minimum absolute atomic E-state index is 0. The van der Waals surface area contributed by atoms with Crippen molar-refractivity contribution in [2.24, 2.45) is 0 Å². The second-order valence-corrected chi connectivity index (χ2v) is 7.96. The summed E-state index contributed by atoms with van der Waals surface area (Å²) in [5, 5.41) is 3.34. The molecule has 0 heterocycles. The van der Waals surface area contributed by atoms with Crippen LogP contribution in [0.1, 0.15) is 62.7 Å². The number of unbranched alkanes of at least 4 members (excludes halogenated alkanes) is 3. The average molecular weight is 391 g/mol. The topological polar surface area (TPSA) is 75.3 Å². The Morgan fingerprint density at radius 2 is 1.72 bits per heavy atom. The first-order valence-electron chi connectivity index (χ1n) is 8.70. The van der Waals surface area contributed by atoms with Crippen molar-refractivity contribution in [1.29, 1.82) is 0 Å². The van der Waals surface area contributed by atoms with Crippen LogP contribution < -0.4 is 10.0 Å². The Morgan fingerprint density at radius 3 is 2.24 bits per heavy atom. The monoisotopic (exact) mass is 390 g/mol. The van der Waals surface area contributed by atoms with Crippen LogP contribution in [0.5, 0.6) is 0 Å². The molecule has 7 heteroatoms. The van der Waals surface area contributed by atoms with Crippen molar-refractivity contribution in [1.82, 2.24) is 5.32 Å². The van der Waals surface area contributed by atoms with Crippen LogP contribution in [0.15, 0.2) is 24.3 Å². The summed E-state index contributed by atoms with van der Waals surface area (Å²) in [4.78, 5) is 12.2. The SMILES string of the molecule is CCCCCCC(CC)NCC(=O)c1ccc(NS(C)(=O)=O)cc1.Cl. The van der Waals surface area contributed by atoms with Crippen molar-refractivity contribution in [3.8, 4) is 0 Å². The second-order valence-electron chi connectivity index (χ2n) is 6.21. The van der Waals surface area contributed by atoms with E-state index in [0.29, 0.717) is 23.8 Å². The van der Waals surface area contributed by atoms with Crippen molar-refractivity contribution >= 4 is 33.9 Å². The van der Waals surface area contributed by atoms with E-state index >= 15 is 0 Å². The van der Waals surface area contributed by atoms with Gasteiger partial charge in [-0.1, -0.05) is 39.5 Å². The Balaban J connectivity index is 0.00000576. The molecule has 0 aliphatic carbocycles. The Kier molecular flexibility index (Phi) is 11.7. The normalized spacial score (nSPS) is 12.3. The summed E-state index contributed by atoms with van der Waals surface area (Å²) in [6, 6.07) is 6.89. The van der Waals surface area contributed by atoms with E-state index in [9.17, 15) is 13.2 Å². The molecule has 0 spiro atoms. The lowest BCUT2D eigenvalue weighted by atomic mass is 10.0. The zero-order valence-corrected chi connectivity index (χ0v) is 17.0. The summed E-state index contributed by atoms with van der Waals surface area (Å²) in [6.45, 7) is 4.64. The van der Waals surface area contributed by atoms with Gasteiger partial charge in [0, 0.05) is 17.3 Å². The van der Waals surface area contributed by atoms with Gasteiger partial charge in [-0.25, -0.2) is 8.42 Å². The van der Waals surface area contributed by atoms with Gasteiger partial charge in [0.15, 0.2) is 5.78 Å². The summed E-state index contributed by atoms with van der Waals surface area (Å²) in [7, 11) is -3.30. The molecule has 1 aromatic carbocycles. The second kappa shape index (κ2) is 12.3. The number of nitrogens with one attached hydrogen (secondary N) is 2. The summed E-state index contributed by atoms with van der Waals surface area (Å²) < 4.78 is 24.7. The molecule has 0 aliphatic heterocycles. The number of ketones is 1. The van der Waals surface area contributed by atoms with Crippen LogP contribution in [0.3, 0.4) is 0 Å². The van der Waals surface area contributed by atoms with Crippen LogP contribution in [0.25, 0.3) is 0 Å². The molecule has 144 valence electrons. The highest BCUT2D eigenvalue weighted by atomic mass is 35.5. The van der Waals surface area contributed by atoms with Gasteiger partial charge in [0.25, 0.3) is 0 Å². The highest BCUT2D eigenvalue weighted by molar-refractivity contribution is 7.92. The molecule has 0 aromatic heterocycles. The molecule has 2 N–H and O–H groups in total. The molecule has 0 fully saturated rings. The van der Waals surface area contributed by atoms with Crippen LogP contribution in [0.4, 0.5) is 5.69 Å². The zero-order chi connectivity index (χ0) is 18.0. The number of benzene rings is 1. The van der Waals surface area contributed by atoms with Gasteiger partial charge in [0.2, 0.25) is 10.0 Å². The molecule has 0 saturated heterocycles. The maximum Gasteiger partial charge on any atom is 0.229 e. The predicted molar refractivity (Wildman–Crippen MR) is 107 cm³/mol. The molecule has 0 saturated carbocycles. The molecule has 25 heavy (non-hydrogen) atoms. The Bertz CT molecular complexity index is 603. The standard InChI is InChI=1S/C18H30N2O3S.ClH/c1-4-6-7-8-9-16(5-2)19-14-18(21)15-10-12-17(13-11-15)20-24(3,22)23;/h10-13,16,19-20H,4-9,14H2,1-3H3;1H.